The van der Waals surface area contributed by atoms with Crippen molar-refractivity contribution in [1.82, 2.24) is 9.97 Å². The van der Waals surface area contributed by atoms with Crippen LogP contribution < -0.4 is 0 Å². The van der Waals surface area contributed by atoms with Gasteiger partial charge in [0, 0.05) is 23.7 Å². The summed E-state index contributed by atoms with van der Waals surface area (Å²) in [6, 6.07) is 5.43. The number of aliphatic hydroxyl groups is 1. The van der Waals surface area contributed by atoms with Gasteiger partial charge in [0.05, 0.1) is 11.3 Å². The van der Waals surface area contributed by atoms with Crippen LogP contribution in [0.25, 0.3) is 0 Å². The number of hydrogen-bond acceptors (Lipinski definition) is 3. The average molecular weight is 268 g/mol. The summed E-state index contributed by atoms with van der Waals surface area (Å²) in [5.41, 5.74) is 0.582. The molecule has 0 aliphatic heterocycles. The molecule has 6 heteroatoms. The van der Waals surface area contributed by atoms with E-state index in [2.05, 4.69) is 9.97 Å². The molecule has 2 aromatic rings. The summed E-state index contributed by atoms with van der Waals surface area (Å²) in [4.78, 5) is 7.66. The van der Waals surface area contributed by atoms with Gasteiger partial charge in [-0.3, -0.25) is 9.97 Å². The molecular formula is C13H11F3N2O. The number of halogens is 3. The maximum absolute atomic E-state index is 12.4. The number of alkyl halides is 3. The Bertz CT molecular complexity index is 550. The van der Waals surface area contributed by atoms with Gasteiger partial charge >= 0.3 is 6.18 Å². The Balaban J connectivity index is 2.25. The van der Waals surface area contributed by atoms with Crippen molar-refractivity contribution in [1.29, 1.82) is 0 Å². The number of aryl methyl sites for hydroxylation is 1. The first-order valence-corrected chi connectivity index (χ1v) is 5.51. The highest BCUT2D eigenvalue weighted by Crippen LogP contribution is 2.29. The van der Waals surface area contributed by atoms with Gasteiger partial charge in [-0.05, 0) is 25.1 Å². The Morgan fingerprint density at radius 3 is 2.26 bits per heavy atom. The number of rotatable bonds is 2. The lowest BCUT2D eigenvalue weighted by Gasteiger charge is -2.12. The monoisotopic (exact) mass is 268 g/mol. The second-order valence-corrected chi connectivity index (χ2v) is 4.10. The van der Waals surface area contributed by atoms with Crippen molar-refractivity contribution in [3.63, 3.8) is 0 Å². The lowest BCUT2D eigenvalue weighted by atomic mass is 10.1. The fourth-order valence-electron chi connectivity index (χ4n) is 1.55. The highest BCUT2D eigenvalue weighted by Gasteiger charge is 2.31. The van der Waals surface area contributed by atoms with E-state index in [4.69, 9.17) is 0 Å². The molecule has 19 heavy (non-hydrogen) atoms. The predicted molar refractivity (Wildman–Crippen MR) is 62.3 cm³/mol. The van der Waals surface area contributed by atoms with Crippen LogP contribution in [0.1, 0.15) is 28.6 Å². The van der Waals surface area contributed by atoms with Crippen LogP contribution in [0.2, 0.25) is 0 Å². The van der Waals surface area contributed by atoms with Crippen molar-refractivity contribution < 1.29 is 18.3 Å². The summed E-state index contributed by atoms with van der Waals surface area (Å²) in [5, 5.41) is 9.99. The molecule has 0 aliphatic carbocycles. The van der Waals surface area contributed by atoms with Gasteiger partial charge in [-0.25, -0.2) is 0 Å². The van der Waals surface area contributed by atoms with Crippen LogP contribution in [-0.2, 0) is 6.18 Å². The van der Waals surface area contributed by atoms with E-state index in [-0.39, 0.29) is 5.69 Å². The van der Waals surface area contributed by atoms with Crippen molar-refractivity contribution in [2.45, 2.75) is 19.2 Å². The molecule has 2 rings (SSSR count). The Morgan fingerprint density at radius 1 is 1.05 bits per heavy atom. The molecule has 100 valence electrons. The maximum Gasteiger partial charge on any atom is 0.417 e. The Hall–Kier alpha value is -1.95. The second-order valence-electron chi connectivity index (χ2n) is 4.10. The molecule has 0 fully saturated rings. The summed E-state index contributed by atoms with van der Waals surface area (Å²) in [7, 11) is 0. The minimum atomic E-state index is -4.43. The minimum absolute atomic E-state index is 0.152. The topological polar surface area (TPSA) is 46.0 Å². The molecule has 0 aliphatic rings. The molecule has 2 heterocycles. The number of hydrogen-bond donors (Lipinski definition) is 1. The fourth-order valence-corrected chi connectivity index (χ4v) is 1.55. The van der Waals surface area contributed by atoms with E-state index in [1.165, 1.54) is 6.20 Å². The number of aromatic nitrogens is 2. The quantitative estimate of drug-likeness (QED) is 0.911. The third-order valence-corrected chi connectivity index (χ3v) is 2.64. The largest absolute Gasteiger partial charge is 0.417 e. The first-order chi connectivity index (χ1) is 8.88. The van der Waals surface area contributed by atoms with Crippen molar-refractivity contribution in [3.8, 4) is 0 Å². The number of aliphatic hydroxyl groups excluding tert-OH is 1. The first-order valence-electron chi connectivity index (χ1n) is 5.51. The Morgan fingerprint density at radius 2 is 1.79 bits per heavy atom. The number of pyridine rings is 2. The van der Waals surface area contributed by atoms with Gasteiger partial charge in [-0.1, -0.05) is 6.07 Å². The normalized spacial score (nSPS) is 13.3. The maximum atomic E-state index is 12.4. The van der Waals surface area contributed by atoms with Crippen LogP contribution in [0.15, 0.2) is 36.7 Å². The standard InChI is InChI=1S/C13H11F3N2O/c1-8-2-3-9(6-17-8)12(19)11-5-4-10(7-18-11)13(14,15)16/h2-7,12,19H,1H3. The van der Waals surface area contributed by atoms with Gasteiger partial charge in [-0.15, -0.1) is 0 Å². The molecule has 0 saturated heterocycles. The molecule has 3 nitrogen and oxygen atoms in total. The van der Waals surface area contributed by atoms with Crippen LogP contribution in [0.5, 0.6) is 0 Å². The number of nitrogens with zero attached hydrogens (tertiary/aromatic N) is 2. The molecule has 0 amide bonds. The highest BCUT2D eigenvalue weighted by atomic mass is 19.4. The van der Waals surface area contributed by atoms with Crippen molar-refractivity contribution >= 4 is 0 Å². The third kappa shape index (κ3) is 3.08. The average Bonchev–Trinajstić information content (AvgIpc) is 2.38. The smallest absolute Gasteiger partial charge is 0.382 e. The van der Waals surface area contributed by atoms with E-state index in [1.54, 1.807) is 19.1 Å². The van der Waals surface area contributed by atoms with E-state index >= 15 is 0 Å². The zero-order chi connectivity index (χ0) is 14.0. The molecular weight excluding hydrogens is 257 g/mol. The minimum Gasteiger partial charge on any atom is -0.382 e. The predicted octanol–water partition coefficient (Wildman–Crippen LogP) is 2.89. The first kappa shape index (κ1) is 13.5. The third-order valence-electron chi connectivity index (χ3n) is 2.64. The zero-order valence-corrected chi connectivity index (χ0v) is 10.0. The van der Waals surface area contributed by atoms with Crippen molar-refractivity contribution in [2.75, 3.05) is 0 Å². The molecule has 0 spiro atoms. The van der Waals surface area contributed by atoms with Crippen molar-refractivity contribution in [3.05, 3.63) is 59.2 Å². The van der Waals surface area contributed by atoms with Crippen LogP contribution in [0.3, 0.4) is 0 Å². The molecule has 0 radical (unpaired) electrons. The van der Waals surface area contributed by atoms with E-state index in [0.717, 1.165) is 17.8 Å². The summed E-state index contributed by atoms with van der Waals surface area (Å²) >= 11 is 0. The van der Waals surface area contributed by atoms with E-state index in [0.29, 0.717) is 11.8 Å². The fraction of sp³-hybridized carbons (Fsp3) is 0.231. The highest BCUT2D eigenvalue weighted by molar-refractivity contribution is 5.26. The van der Waals surface area contributed by atoms with Gasteiger partial charge in [0.1, 0.15) is 6.10 Å². The van der Waals surface area contributed by atoms with Gasteiger partial charge in [-0.2, -0.15) is 13.2 Å². The Kier molecular flexibility index (Phi) is 3.53. The molecule has 0 bridgehead atoms. The molecule has 0 saturated carbocycles. The van der Waals surface area contributed by atoms with Gasteiger partial charge < -0.3 is 5.11 Å². The van der Waals surface area contributed by atoms with Gasteiger partial charge in [0.25, 0.3) is 0 Å². The molecule has 0 aromatic carbocycles. The van der Waals surface area contributed by atoms with E-state index < -0.39 is 17.8 Å². The van der Waals surface area contributed by atoms with E-state index in [9.17, 15) is 18.3 Å². The summed E-state index contributed by atoms with van der Waals surface area (Å²) < 4.78 is 37.1. The molecule has 1 N–H and O–H groups in total. The van der Waals surface area contributed by atoms with Crippen LogP contribution in [0, 0.1) is 6.92 Å². The summed E-state index contributed by atoms with van der Waals surface area (Å²) in [6.45, 7) is 1.80. The van der Waals surface area contributed by atoms with Crippen LogP contribution in [0.4, 0.5) is 13.2 Å². The van der Waals surface area contributed by atoms with Crippen LogP contribution >= 0.6 is 0 Å². The lowest BCUT2D eigenvalue weighted by Crippen LogP contribution is -2.08. The zero-order valence-electron chi connectivity index (χ0n) is 10.0. The Labute approximate surface area is 107 Å². The van der Waals surface area contributed by atoms with Gasteiger partial charge in [0.15, 0.2) is 0 Å². The molecule has 1 unspecified atom stereocenters. The summed E-state index contributed by atoms with van der Waals surface area (Å²) in [6.07, 6.45) is -3.34. The van der Waals surface area contributed by atoms with Crippen molar-refractivity contribution in [2.24, 2.45) is 0 Å². The van der Waals surface area contributed by atoms with Crippen LogP contribution in [-0.4, -0.2) is 15.1 Å². The lowest BCUT2D eigenvalue weighted by molar-refractivity contribution is -0.137. The molecule has 2 aromatic heterocycles. The summed E-state index contributed by atoms with van der Waals surface area (Å²) in [5.74, 6) is 0. The molecule has 1 atom stereocenters. The second kappa shape index (κ2) is 4.97. The SMILES string of the molecule is Cc1ccc(C(O)c2ccc(C(F)(F)F)cn2)cn1. The van der Waals surface area contributed by atoms with E-state index in [1.807, 2.05) is 0 Å². The van der Waals surface area contributed by atoms with Gasteiger partial charge in [0.2, 0.25) is 0 Å².